The summed E-state index contributed by atoms with van der Waals surface area (Å²) >= 11 is 1.70. The van der Waals surface area contributed by atoms with Gasteiger partial charge in [0.25, 0.3) is 0 Å². The number of thiazole rings is 1. The number of aryl methyl sites for hydroxylation is 2. The second-order valence-corrected chi connectivity index (χ2v) is 8.42. The highest BCUT2D eigenvalue weighted by atomic mass is 32.1. The zero-order valence-corrected chi connectivity index (χ0v) is 17.8. The summed E-state index contributed by atoms with van der Waals surface area (Å²) in [6.45, 7) is 3.78. The number of rotatable bonds is 5. The standard InChI is InChI=1S/C25H23NO3S/c1-3-7-18(15-23(27)28)19-10-12-21-20(14-19)11-13-22(29-21)24-16(2)26-25(30-24)17-8-5-4-6-9-17/h4-6,8-10,12,14,18,22H,11,13,15H2,1-2H3,(H,27,28)/t18-,22?/m0/s1. The highest BCUT2D eigenvalue weighted by Crippen LogP contribution is 2.41. The molecule has 2 atom stereocenters. The summed E-state index contributed by atoms with van der Waals surface area (Å²) < 4.78 is 6.34. The average Bonchev–Trinajstić information content (AvgIpc) is 3.15. The Hall–Kier alpha value is -3.10. The Morgan fingerprint density at radius 3 is 2.83 bits per heavy atom. The molecule has 2 heterocycles. The van der Waals surface area contributed by atoms with Gasteiger partial charge in [0.05, 0.1) is 22.9 Å². The summed E-state index contributed by atoms with van der Waals surface area (Å²) in [6.07, 6.45) is 1.75. The predicted molar refractivity (Wildman–Crippen MR) is 119 cm³/mol. The number of hydrogen-bond acceptors (Lipinski definition) is 4. The third-order valence-corrected chi connectivity index (χ3v) is 6.57. The topological polar surface area (TPSA) is 59.4 Å². The maximum Gasteiger partial charge on any atom is 0.304 e. The zero-order valence-electron chi connectivity index (χ0n) is 17.0. The van der Waals surface area contributed by atoms with Crippen molar-refractivity contribution >= 4 is 17.3 Å². The molecule has 1 N–H and O–H groups in total. The van der Waals surface area contributed by atoms with Gasteiger partial charge in [0.2, 0.25) is 0 Å². The summed E-state index contributed by atoms with van der Waals surface area (Å²) in [5.41, 5.74) is 4.19. The molecule has 2 aromatic carbocycles. The minimum absolute atomic E-state index is 0.00539. The van der Waals surface area contributed by atoms with Crippen LogP contribution < -0.4 is 4.74 Å². The highest BCUT2D eigenvalue weighted by Gasteiger charge is 2.26. The first-order valence-corrected chi connectivity index (χ1v) is 10.8. The van der Waals surface area contributed by atoms with Crippen LogP contribution >= 0.6 is 11.3 Å². The van der Waals surface area contributed by atoms with E-state index < -0.39 is 5.97 Å². The van der Waals surface area contributed by atoms with Crippen molar-refractivity contribution in [1.29, 1.82) is 0 Å². The first-order valence-electron chi connectivity index (χ1n) is 10.0. The van der Waals surface area contributed by atoms with E-state index in [0.717, 1.165) is 46.0 Å². The van der Waals surface area contributed by atoms with Gasteiger partial charge in [-0.1, -0.05) is 48.4 Å². The minimum Gasteiger partial charge on any atom is -0.485 e. The monoisotopic (exact) mass is 417 g/mol. The van der Waals surface area contributed by atoms with E-state index in [1.54, 1.807) is 18.3 Å². The van der Waals surface area contributed by atoms with Crippen molar-refractivity contribution in [3.8, 4) is 28.2 Å². The molecule has 1 unspecified atom stereocenters. The van der Waals surface area contributed by atoms with Crippen LogP contribution in [0.4, 0.5) is 0 Å². The summed E-state index contributed by atoms with van der Waals surface area (Å²) in [5, 5.41) is 10.2. The molecule has 0 aliphatic carbocycles. The zero-order chi connectivity index (χ0) is 21.1. The molecule has 0 saturated heterocycles. The first kappa shape index (κ1) is 20.2. The fraction of sp³-hybridized carbons (Fsp3) is 0.280. The fourth-order valence-electron chi connectivity index (χ4n) is 3.82. The molecule has 1 aliphatic rings. The second-order valence-electron chi connectivity index (χ2n) is 7.39. The van der Waals surface area contributed by atoms with Gasteiger partial charge < -0.3 is 9.84 Å². The molecule has 0 bridgehead atoms. The van der Waals surface area contributed by atoms with E-state index in [0.29, 0.717) is 0 Å². The van der Waals surface area contributed by atoms with Crippen LogP contribution in [0.15, 0.2) is 48.5 Å². The van der Waals surface area contributed by atoms with Gasteiger partial charge in [-0.3, -0.25) is 4.79 Å². The Morgan fingerprint density at radius 1 is 1.30 bits per heavy atom. The molecule has 1 aliphatic heterocycles. The van der Waals surface area contributed by atoms with Gasteiger partial charge in [0, 0.05) is 5.56 Å². The number of hydrogen-bond donors (Lipinski definition) is 1. The number of aromatic nitrogens is 1. The smallest absolute Gasteiger partial charge is 0.304 e. The van der Waals surface area contributed by atoms with E-state index >= 15 is 0 Å². The largest absolute Gasteiger partial charge is 0.485 e. The van der Waals surface area contributed by atoms with Crippen LogP contribution in [-0.2, 0) is 11.2 Å². The number of carboxylic acid groups (broad SMARTS) is 1. The third kappa shape index (κ3) is 4.24. The summed E-state index contributed by atoms with van der Waals surface area (Å²) in [7, 11) is 0. The Bertz CT molecular complexity index is 1120. The number of fused-ring (bicyclic) bond motifs is 1. The van der Waals surface area contributed by atoms with Crippen LogP contribution in [0.3, 0.4) is 0 Å². The Labute approximate surface area is 180 Å². The van der Waals surface area contributed by atoms with Crippen molar-refractivity contribution in [2.75, 3.05) is 0 Å². The van der Waals surface area contributed by atoms with Crippen LogP contribution in [0.1, 0.15) is 53.5 Å². The molecule has 3 aromatic rings. The average molecular weight is 418 g/mol. The Morgan fingerprint density at radius 2 is 2.10 bits per heavy atom. The molecular weight excluding hydrogens is 394 g/mol. The van der Waals surface area contributed by atoms with Gasteiger partial charge in [-0.2, -0.15) is 0 Å². The van der Waals surface area contributed by atoms with Gasteiger partial charge in [-0.25, -0.2) is 4.98 Å². The lowest BCUT2D eigenvalue weighted by atomic mass is 9.91. The molecule has 4 nitrogen and oxygen atoms in total. The van der Waals surface area contributed by atoms with Crippen molar-refractivity contribution in [3.05, 3.63) is 70.2 Å². The predicted octanol–water partition coefficient (Wildman–Crippen LogP) is 5.77. The lowest BCUT2D eigenvalue weighted by Gasteiger charge is -2.26. The highest BCUT2D eigenvalue weighted by molar-refractivity contribution is 7.15. The van der Waals surface area contributed by atoms with Crippen LogP contribution in [0.25, 0.3) is 10.6 Å². The van der Waals surface area contributed by atoms with Crippen LogP contribution in [-0.4, -0.2) is 16.1 Å². The molecule has 0 radical (unpaired) electrons. The van der Waals surface area contributed by atoms with Crippen molar-refractivity contribution in [3.63, 3.8) is 0 Å². The van der Waals surface area contributed by atoms with Crippen LogP contribution in [0.2, 0.25) is 0 Å². The molecule has 0 spiro atoms. The van der Waals surface area contributed by atoms with Gasteiger partial charge in [-0.05, 0) is 43.9 Å². The lowest BCUT2D eigenvalue weighted by molar-refractivity contribution is -0.137. The SMILES string of the molecule is CC#C[C@@H](CC(=O)O)c1ccc2c(c1)CCC(c1sc(-c3ccccc3)nc1C)O2. The molecule has 1 aromatic heterocycles. The van der Waals surface area contributed by atoms with Crippen molar-refractivity contribution < 1.29 is 14.6 Å². The minimum atomic E-state index is -0.841. The van der Waals surface area contributed by atoms with Gasteiger partial charge in [-0.15, -0.1) is 17.3 Å². The number of aliphatic carboxylic acids is 1. The normalized spacial score (nSPS) is 16.0. The van der Waals surface area contributed by atoms with E-state index in [-0.39, 0.29) is 18.4 Å². The second kappa shape index (κ2) is 8.73. The Balaban J connectivity index is 1.57. The van der Waals surface area contributed by atoms with Gasteiger partial charge in [0.1, 0.15) is 16.9 Å². The third-order valence-electron chi connectivity index (χ3n) is 5.27. The summed E-state index contributed by atoms with van der Waals surface area (Å²) in [4.78, 5) is 17.1. The molecule has 5 heteroatoms. The van der Waals surface area contributed by atoms with E-state index in [4.69, 9.17) is 9.72 Å². The van der Waals surface area contributed by atoms with E-state index in [1.165, 1.54) is 4.88 Å². The van der Waals surface area contributed by atoms with Crippen LogP contribution in [0, 0.1) is 18.8 Å². The van der Waals surface area contributed by atoms with E-state index in [1.807, 2.05) is 37.3 Å². The summed E-state index contributed by atoms with van der Waals surface area (Å²) in [5.74, 6) is 5.60. The number of ether oxygens (including phenoxy) is 1. The maximum absolute atomic E-state index is 11.2. The van der Waals surface area contributed by atoms with Crippen LogP contribution in [0.5, 0.6) is 5.75 Å². The molecular formula is C25H23NO3S. The summed E-state index contributed by atoms with van der Waals surface area (Å²) in [6, 6.07) is 16.2. The molecule has 30 heavy (non-hydrogen) atoms. The number of nitrogens with zero attached hydrogens (tertiary/aromatic N) is 1. The van der Waals surface area contributed by atoms with E-state index in [9.17, 15) is 9.90 Å². The fourth-order valence-corrected chi connectivity index (χ4v) is 4.96. The number of carboxylic acids is 1. The van der Waals surface area contributed by atoms with Crippen molar-refractivity contribution in [2.45, 2.75) is 45.1 Å². The molecule has 0 saturated carbocycles. The van der Waals surface area contributed by atoms with Gasteiger partial charge >= 0.3 is 5.97 Å². The lowest BCUT2D eigenvalue weighted by Crippen LogP contribution is -2.15. The first-order chi connectivity index (χ1) is 14.5. The Kier molecular flexibility index (Phi) is 5.87. The molecule has 4 rings (SSSR count). The number of carbonyl (C=O) groups is 1. The molecule has 152 valence electrons. The molecule has 0 fully saturated rings. The molecule has 0 amide bonds. The van der Waals surface area contributed by atoms with Crippen molar-refractivity contribution in [1.82, 2.24) is 4.98 Å². The van der Waals surface area contributed by atoms with Crippen molar-refractivity contribution in [2.24, 2.45) is 0 Å². The number of benzene rings is 2. The van der Waals surface area contributed by atoms with Gasteiger partial charge in [0.15, 0.2) is 0 Å². The quantitative estimate of drug-likeness (QED) is 0.536. The van der Waals surface area contributed by atoms with E-state index in [2.05, 4.69) is 30.0 Å². The maximum atomic E-state index is 11.2.